The van der Waals surface area contributed by atoms with Crippen LogP contribution in [0, 0.1) is 19.7 Å². The SMILES string of the molecule is Cc1nn(Cc2ccc(F)cc2Cl)c(C)c1NC(=O)Cn1cc(C(=O)O)cn1. The van der Waals surface area contributed by atoms with E-state index in [1.807, 2.05) is 0 Å². The van der Waals surface area contributed by atoms with Gasteiger partial charge in [0, 0.05) is 11.2 Å². The Balaban J connectivity index is 1.73. The molecular formula is C18H17ClFN5O3. The molecule has 0 aliphatic heterocycles. The molecule has 28 heavy (non-hydrogen) atoms. The number of anilines is 1. The Morgan fingerprint density at radius 2 is 2.07 bits per heavy atom. The van der Waals surface area contributed by atoms with Gasteiger partial charge in [-0.15, -0.1) is 0 Å². The lowest BCUT2D eigenvalue weighted by atomic mass is 10.2. The quantitative estimate of drug-likeness (QED) is 0.656. The largest absolute Gasteiger partial charge is 0.478 e. The van der Waals surface area contributed by atoms with Crippen LogP contribution >= 0.6 is 11.6 Å². The normalized spacial score (nSPS) is 10.9. The second-order valence-corrected chi connectivity index (χ2v) is 6.63. The molecule has 0 saturated carbocycles. The fourth-order valence-electron chi connectivity index (χ4n) is 2.73. The molecule has 0 aliphatic rings. The zero-order valence-electron chi connectivity index (χ0n) is 15.1. The average molecular weight is 406 g/mol. The summed E-state index contributed by atoms with van der Waals surface area (Å²) >= 11 is 6.07. The molecule has 3 aromatic rings. The molecule has 2 heterocycles. The molecule has 0 bridgehead atoms. The zero-order chi connectivity index (χ0) is 20.4. The Hall–Kier alpha value is -3.20. The molecule has 2 N–H and O–H groups in total. The monoisotopic (exact) mass is 405 g/mol. The number of nitrogens with zero attached hydrogens (tertiary/aromatic N) is 4. The summed E-state index contributed by atoms with van der Waals surface area (Å²) in [4.78, 5) is 23.2. The number of aryl methyl sites for hydroxylation is 1. The fraction of sp³-hybridized carbons (Fsp3) is 0.222. The van der Waals surface area contributed by atoms with E-state index in [0.717, 1.165) is 0 Å². The number of carboxylic acid groups (broad SMARTS) is 1. The Kier molecular flexibility index (Phi) is 5.46. The maximum atomic E-state index is 13.2. The molecule has 1 amide bonds. The van der Waals surface area contributed by atoms with Crippen LogP contribution in [0.3, 0.4) is 0 Å². The van der Waals surface area contributed by atoms with E-state index >= 15 is 0 Å². The van der Waals surface area contributed by atoms with Crippen LogP contribution < -0.4 is 5.32 Å². The Morgan fingerprint density at radius 3 is 2.71 bits per heavy atom. The van der Waals surface area contributed by atoms with Crippen LogP contribution in [0.15, 0.2) is 30.6 Å². The maximum absolute atomic E-state index is 13.2. The Labute approximate surface area is 164 Å². The van der Waals surface area contributed by atoms with E-state index in [1.165, 1.54) is 29.2 Å². The highest BCUT2D eigenvalue weighted by Gasteiger charge is 2.16. The van der Waals surface area contributed by atoms with Gasteiger partial charge in [0.15, 0.2) is 0 Å². The third-order valence-corrected chi connectivity index (χ3v) is 4.52. The first kappa shape index (κ1) is 19.6. The van der Waals surface area contributed by atoms with Crippen molar-refractivity contribution in [3.63, 3.8) is 0 Å². The van der Waals surface area contributed by atoms with Crippen molar-refractivity contribution in [2.75, 3.05) is 5.32 Å². The molecule has 8 nitrogen and oxygen atoms in total. The van der Waals surface area contributed by atoms with Crippen LogP contribution in [0.5, 0.6) is 0 Å². The van der Waals surface area contributed by atoms with Crippen LogP contribution in [0.1, 0.15) is 27.3 Å². The summed E-state index contributed by atoms with van der Waals surface area (Å²) in [5.41, 5.74) is 2.57. The average Bonchev–Trinajstić information content (AvgIpc) is 3.18. The number of benzene rings is 1. The van der Waals surface area contributed by atoms with Gasteiger partial charge in [-0.1, -0.05) is 17.7 Å². The van der Waals surface area contributed by atoms with Crippen molar-refractivity contribution in [2.45, 2.75) is 26.9 Å². The summed E-state index contributed by atoms with van der Waals surface area (Å²) < 4.78 is 16.1. The van der Waals surface area contributed by atoms with Crippen molar-refractivity contribution in [3.05, 3.63) is 63.9 Å². The molecule has 0 aliphatic carbocycles. The molecule has 2 aromatic heterocycles. The number of halogens is 2. The predicted molar refractivity (Wildman–Crippen MR) is 100 cm³/mol. The topological polar surface area (TPSA) is 102 Å². The third kappa shape index (κ3) is 4.20. The van der Waals surface area contributed by atoms with Gasteiger partial charge in [0.25, 0.3) is 0 Å². The van der Waals surface area contributed by atoms with Crippen LogP contribution in [-0.2, 0) is 17.9 Å². The van der Waals surface area contributed by atoms with Gasteiger partial charge in [0.2, 0.25) is 5.91 Å². The first-order valence-corrected chi connectivity index (χ1v) is 8.66. The van der Waals surface area contributed by atoms with E-state index in [-0.39, 0.29) is 18.0 Å². The molecule has 146 valence electrons. The summed E-state index contributed by atoms with van der Waals surface area (Å²) in [5.74, 6) is -1.90. The Bertz CT molecular complexity index is 1060. The molecule has 10 heteroatoms. The Morgan fingerprint density at radius 1 is 1.32 bits per heavy atom. The summed E-state index contributed by atoms with van der Waals surface area (Å²) in [7, 11) is 0. The van der Waals surface area contributed by atoms with Gasteiger partial charge in [-0.2, -0.15) is 10.2 Å². The van der Waals surface area contributed by atoms with Gasteiger partial charge in [-0.3, -0.25) is 14.2 Å². The summed E-state index contributed by atoms with van der Waals surface area (Å²) in [6.45, 7) is 3.73. The number of carboxylic acids is 1. The lowest BCUT2D eigenvalue weighted by molar-refractivity contribution is -0.116. The minimum absolute atomic E-state index is 0.00385. The van der Waals surface area contributed by atoms with Crippen LogP contribution in [0.4, 0.5) is 10.1 Å². The van der Waals surface area contributed by atoms with Crippen molar-refractivity contribution < 1.29 is 19.1 Å². The molecule has 3 rings (SSSR count). The summed E-state index contributed by atoms with van der Waals surface area (Å²) in [5, 5.41) is 20.2. The van der Waals surface area contributed by atoms with E-state index in [1.54, 1.807) is 24.6 Å². The molecule has 1 aromatic carbocycles. The third-order valence-electron chi connectivity index (χ3n) is 4.17. The molecule has 0 atom stereocenters. The second-order valence-electron chi connectivity index (χ2n) is 6.22. The van der Waals surface area contributed by atoms with Crippen LogP contribution in [0.2, 0.25) is 5.02 Å². The lowest BCUT2D eigenvalue weighted by Gasteiger charge is -2.08. The molecular weight excluding hydrogens is 389 g/mol. The van der Waals surface area contributed by atoms with Gasteiger partial charge >= 0.3 is 5.97 Å². The van der Waals surface area contributed by atoms with Gasteiger partial charge in [-0.05, 0) is 31.5 Å². The number of carbonyl (C=O) groups excluding carboxylic acids is 1. The highest BCUT2D eigenvalue weighted by molar-refractivity contribution is 6.31. The number of amides is 1. The van der Waals surface area contributed by atoms with E-state index in [2.05, 4.69) is 15.5 Å². The number of aromatic carboxylic acids is 1. The molecule has 0 fully saturated rings. The summed E-state index contributed by atoms with van der Waals surface area (Å²) in [6.07, 6.45) is 2.46. The van der Waals surface area contributed by atoms with Crippen molar-refractivity contribution in [3.8, 4) is 0 Å². The van der Waals surface area contributed by atoms with E-state index in [0.29, 0.717) is 34.2 Å². The zero-order valence-corrected chi connectivity index (χ0v) is 15.9. The van der Waals surface area contributed by atoms with Gasteiger partial charge in [0.05, 0.1) is 35.4 Å². The first-order valence-electron chi connectivity index (χ1n) is 8.28. The second kappa shape index (κ2) is 7.81. The predicted octanol–water partition coefficient (Wildman–Crippen LogP) is 2.87. The van der Waals surface area contributed by atoms with Crippen molar-refractivity contribution in [1.82, 2.24) is 19.6 Å². The van der Waals surface area contributed by atoms with Gasteiger partial charge in [-0.25, -0.2) is 9.18 Å². The van der Waals surface area contributed by atoms with Crippen LogP contribution in [-0.4, -0.2) is 36.5 Å². The first-order chi connectivity index (χ1) is 13.2. The lowest BCUT2D eigenvalue weighted by Crippen LogP contribution is -2.20. The van der Waals surface area contributed by atoms with Crippen molar-refractivity contribution >= 4 is 29.2 Å². The number of rotatable bonds is 6. The van der Waals surface area contributed by atoms with Gasteiger partial charge < -0.3 is 10.4 Å². The minimum atomic E-state index is -1.11. The highest BCUT2D eigenvalue weighted by Crippen LogP contribution is 2.23. The van der Waals surface area contributed by atoms with E-state index in [4.69, 9.17) is 16.7 Å². The number of aromatic nitrogens is 4. The van der Waals surface area contributed by atoms with Crippen molar-refractivity contribution in [2.24, 2.45) is 0 Å². The summed E-state index contributed by atoms with van der Waals surface area (Å²) in [6, 6.07) is 4.15. The maximum Gasteiger partial charge on any atom is 0.338 e. The van der Waals surface area contributed by atoms with E-state index < -0.39 is 11.8 Å². The smallest absolute Gasteiger partial charge is 0.338 e. The standard InChI is InChI=1S/C18H17ClFN5O3/c1-10-17(22-16(26)9-24-7-13(6-21-24)18(27)28)11(2)25(23-10)8-12-3-4-14(20)5-15(12)19/h3-7H,8-9H2,1-2H3,(H,22,26)(H,27,28). The number of nitrogens with one attached hydrogen (secondary N) is 1. The number of carbonyl (C=O) groups is 2. The highest BCUT2D eigenvalue weighted by atomic mass is 35.5. The molecule has 0 saturated heterocycles. The molecule has 0 unspecified atom stereocenters. The fourth-order valence-corrected chi connectivity index (χ4v) is 2.96. The van der Waals surface area contributed by atoms with Gasteiger partial charge in [0.1, 0.15) is 12.4 Å². The number of hydrogen-bond acceptors (Lipinski definition) is 4. The van der Waals surface area contributed by atoms with E-state index in [9.17, 15) is 14.0 Å². The molecule has 0 radical (unpaired) electrons. The van der Waals surface area contributed by atoms with Crippen LogP contribution in [0.25, 0.3) is 0 Å². The number of hydrogen-bond donors (Lipinski definition) is 2. The molecule has 0 spiro atoms. The minimum Gasteiger partial charge on any atom is -0.478 e. The van der Waals surface area contributed by atoms with Crippen molar-refractivity contribution in [1.29, 1.82) is 0 Å².